The molecule has 3 fully saturated rings. The summed E-state index contributed by atoms with van der Waals surface area (Å²) in [6.07, 6.45) is 3.85. The first-order valence-corrected chi connectivity index (χ1v) is 9.31. The second kappa shape index (κ2) is 6.30. The lowest BCUT2D eigenvalue weighted by Gasteiger charge is -2.39. The van der Waals surface area contributed by atoms with Crippen LogP contribution >= 0.6 is 11.3 Å². The highest BCUT2D eigenvalue weighted by molar-refractivity contribution is 7.09. The minimum atomic E-state index is 0.0972. The summed E-state index contributed by atoms with van der Waals surface area (Å²) < 4.78 is 5.91. The van der Waals surface area contributed by atoms with Gasteiger partial charge < -0.3 is 10.1 Å². The number of nitrogens with one attached hydrogen (secondary N) is 1. The summed E-state index contributed by atoms with van der Waals surface area (Å²) >= 11 is 1.79. The van der Waals surface area contributed by atoms with Gasteiger partial charge in [0.25, 0.3) is 0 Å². The molecular formula is C17H24N2O2S. The molecule has 4 nitrogen and oxygen atoms in total. The van der Waals surface area contributed by atoms with Crippen molar-refractivity contribution in [1.29, 1.82) is 0 Å². The molecule has 0 bridgehead atoms. The lowest BCUT2D eigenvalue weighted by molar-refractivity contribution is -0.131. The van der Waals surface area contributed by atoms with Gasteiger partial charge in [-0.05, 0) is 36.6 Å². The lowest BCUT2D eigenvalue weighted by atomic mass is 9.82. The van der Waals surface area contributed by atoms with Crippen LogP contribution in [0, 0.1) is 17.8 Å². The first-order chi connectivity index (χ1) is 10.8. The van der Waals surface area contributed by atoms with Gasteiger partial charge in [0.2, 0.25) is 5.91 Å². The quantitative estimate of drug-likeness (QED) is 0.903. The third-order valence-electron chi connectivity index (χ3n) is 5.23. The second-order valence-corrected chi connectivity index (χ2v) is 7.96. The minimum absolute atomic E-state index is 0.0972. The van der Waals surface area contributed by atoms with E-state index in [0.29, 0.717) is 5.92 Å². The molecule has 22 heavy (non-hydrogen) atoms. The molecule has 4 rings (SSSR count). The van der Waals surface area contributed by atoms with Crippen molar-refractivity contribution in [3.8, 4) is 0 Å². The Morgan fingerprint density at radius 3 is 3.05 bits per heavy atom. The molecule has 1 amide bonds. The molecule has 0 aromatic carbocycles. The molecule has 1 N–H and O–H groups in total. The number of hydrogen-bond acceptors (Lipinski definition) is 4. The predicted octanol–water partition coefficient (Wildman–Crippen LogP) is 2.11. The number of carbonyl (C=O) groups is 1. The van der Waals surface area contributed by atoms with E-state index in [0.717, 1.165) is 45.1 Å². The van der Waals surface area contributed by atoms with Gasteiger partial charge in [0.15, 0.2) is 0 Å². The van der Waals surface area contributed by atoms with Crippen LogP contribution in [0.4, 0.5) is 0 Å². The van der Waals surface area contributed by atoms with Crippen LogP contribution in [-0.2, 0) is 16.1 Å². The number of amides is 1. The van der Waals surface area contributed by atoms with E-state index in [2.05, 4.69) is 27.7 Å². The highest BCUT2D eigenvalue weighted by atomic mass is 32.1. The van der Waals surface area contributed by atoms with Crippen LogP contribution in [0.1, 0.15) is 24.1 Å². The molecule has 120 valence electrons. The Morgan fingerprint density at radius 1 is 1.36 bits per heavy atom. The smallest absolute Gasteiger partial charge is 0.224 e. The molecule has 0 spiro atoms. The van der Waals surface area contributed by atoms with Gasteiger partial charge in [-0.15, -0.1) is 11.3 Å². The van der Waals surface area contributed by atoms with Gasteiger partial charge in [-0.3, -0.25) is 9.69 Å². The number of rotatable bonds is 5. The highest BCUT2D eigenvalue weighted by Gasteiger charge is 2.44. The summed E-state index contributed by atoms with van der Waals surface area (Å²) in [6.45, 7) is 4.47. The molecule has 3 atom stereocenters. The number of carbonyl (C=O) groups excluding carboxylic acids is 1. The van der Waals surface area contributed by atoms with Gasteiger partial charge in [0, 0.05) is 43.6 Å². The van der Waals surface area contributed by atoms with Crippen LogP contribution in [0.15, 0.2) is 17.5 Å². The highest BCUT2D eigenvalue weighted by Crippen LogP contribution is 2.35. The van der Waals surface area contributed by atoms with E-state index < -0.39 is 0 Å². The number of likely N-dealkylation sites (tertiary alicyclic amines) is 1. The summed E-state index contributed by atoms with van der Waals surface area (Å²) in [6, 6.07) is 4.27. The van der Waals surface area contributed by atoms with Crippen LogP contribution in [0.3, 0.4) is 0 Å². The molecule has 0 radical (unpaired) electrons. The predicted molar refractivity (Wildman–Crippen MR) is 86.7 cm³/mol. The van der Waals surface area contributed by atoms with Crippen LogP contribution in [0.5, 0.6) is 0 Å². The van der Waals surface area contributed by atoms with Gasteiger partial charge in [0.1, 0.15) is 0 Å². The van der Waals surface area contributed by atoms with Crippen molar-refractivity contribution in [2.24, 2.45) is 17.8 Å². The fourth-order valence-corrected chi connectivity index (χ4v) is 4.53. The third kappa shape index (κ3) is 3.21. The maximum Gasteiger partial charge on any atom is 0.224 e. The standard InChI is InChI=1S/C17H24N2O2S/c20-17(18-8-12-3-4-12)15-10-19(9-13-2-1-7-22-13)11-16-14(15)5-6-21-16/h1-2,7,12,14-16H,3-6,8-11H2,(H,18,20)/t14-,15+,16+/m0/s1. The number of ether oxygens (including phenoxy) is 1. The number of thiophene rings is 1. The van der Waals surface area contributed by atoms with Crippen LogP contribution in [0.25, 0.3) is 0 Å². The summed E-state index contributed by atoms with van der Waals surface area (Å²) in [5.74, 6) is 1.51. The molecule has 3 aliphatic rings. The Balaban J connectivity index is 1.41. The maximum absolute atomic E-state index is 12.6. The van der Waals surface area contributed by atoms with Crippen molar-refractivity contribution >= 4 is 17.2 Å². The third-order valence-corrected chi connectivity index (χ3v) is 6.09. The van der Waals surface area contributed by atoms with E-state index in [1.165, 1.54) is 17.7 Å². The van der Waals surface area contributed by atoms with E-state index in [1.807, 2.05) is 0 Å². The molecule has 3 heterocycles. The molecule has 2 aliphatic heterocycles. The fraction of sp³-hybridized carbons (Fsp3) is 0.706. The molecular weight excluding hydrogens is 296 g/mol. The van der Waals surface area contributed by atoms with Gasteiger partial charge in [-0.25, -0.2) is 0 Å². The fourth-order valence-electron chi connectivity index (χ4n) is 3.78. The van der Waals surface area contributed by atoms with Crippen LogP contribution < -0.4 is 5.32 Å². The van der Waals surface area contributed by atoms with Gasteiger partial charge in [-0.2, -0.15) is 0 Å². The Morgan fingerprint density at radius 2 is 2.27 bits per heavy atom. The Kier molecular flexibility index (Phi) is 4.20. The van der Waals surface area contributed by atoms with E-state index in [-0.39, 0.29) is 17.9 Å². The molecule has 1 aromatic rings. The van der Waals surface area contributed by atoms with E-state index >= 15 is 0 Å². The van der Waals surface area contributed by atoms with Gasteiger partial charge >= 0.3 is 0 Å². The average Bonchev–Trinajstić information content (AvgIpc) is 2.98. The Bertz CT molecular complexity index is 515. The van der Waals surface area contributed by atoms with Crippen molar-refractivity contribution in [2.75, 3.05) is 26.2 Å². The summed E-state index contributed by atoms with van der Waals surface area (Å²) in [7, 11) is 0. The average molecular weight is 320 g/mol. The molecule has 5 heteroatoms. The number of hydrogen-bond donors (Lipinski definition) is 1. The topological polar surface area (TPSA) is 41.6 Å². The number of nitrogens with zero attached hydrogens (tertiary/aromatic N) is 1. The zero-order chi connectivity index (χ0) is 14.9. The van der Waals surface area contributed by atoms with Crippen LogP contribution in [-0.4, -0.2) is 43.2 Å². The van der Waals surface area contributed by atoms with E-state index in [1.54, 1.807) is 11.3 Å². The van der Waals surface area contributed by atoms with Gasteiger partial charge in [-0.1, -0.05) is 6.07 Å². The van der Waals surface area contributed by atoms with Crippen molar-refractivity contribution < 1.29 is 9.53 Å². The van der Waals surface area contributed by atoms with Crippen molar-refractivity contribution in [3.63, 3.8) is 0 Å². The Hall–Kier alpha value is -0.910. The van der Waals surface area contributed by atoms with Crippen LogP contribution in [0.2, 0.25) is 0 Å². The number of piperidine rings is 1. The molecule has 0 unspecified atom stereocenters. The van der Waals surface area contributed by atoms with Crippen molar-refractivity contribution in [2.45, 2.75) is 31.9 Å². The summed E-state index contributed by atoms with van der Waals surface area (Å²) in [5.41, 5.74) is 0. The minimum Gasteiger partial charge on any atom is -0.377 e. The number of fused-ring (bicyclic) bond motifs is 1. The molecule has 1 aromatic heterocycles. The second-order valence-electron chi connectivity index (χ2n) is 6.93. The van der Waals surface area contributed by atoms with Gasteiger partial charge in [0.05, 0.1) is 12.0 Å². The first kappa shape index (κ1) is 14.7. The molecule has 1 aliphatic carbocycles. The summed E-state index contributed by atoms with van der Waals surface area (Å²) in [5, 5.41) is 5.31. The first-order valence-electron chi connectivity index (χ1n) is 8.43. The molecule has 2 saturated heterocycles. The lowest BCUT2D eigenvalue weighted by Crippen LogP contribution is -2.52. The monoisotopic (exact) mass is 320 g/mol. The zero-order valence-corrected chi connectivity index (χ0v) is 13.7. The van der Waals surface area contributed by atoms with Crippen molar-refractivity contribution in [1.82, 2.24) is 10.2 Å². The van der Waals surface area contributed by atoms with Crippen molar-refractivity contribution in [3.05, 3.63) is 22.4 Å². The van der Waals surface area contributed by atoms with E-state index in [4.69, 9.17) is 4.74 Å². The largest absolute Gasteiger partial charge is 0.377 e. The van der Waals surface area contributed by atoms with E-state index in [9.17, 15) is 4.79 Å². The Labute approximate surface area is 135 Å². The zero-order valence-electron chi connectivity index (χ0n) is 12.9. The normalized spacial score (nSPS) is 31.9. The molecule has 1 saturated carbocycles. The SMILES string of the molecule is O=C(NCC1CC1)[C@@H]1CN(Cc2cccs2)C[C@H]2OCC[C@H]21. The maximum atomic E-state index is 12.6. The summed E-state index contributed by atoms with van der Waals surface area (Å²) in [4.78, 5) is 16.4.